The Morgan fingerprint density at radius 1 is 0.758 bits per heavy atom. The van der Waals surface area contributed by atoms with E-state index in [0.29, 0.717) is 38.5 Å². The smallest absolute Gasteiger partial charge is 0.315 e. The summed E-state index contributed by atoms with van der Waals surface area (Å²) in [5.74, 6) is -1.59. The normalized spacial score (nSPS) is 56.2. The number of ether oxygens (including phenoxy) is 5. The van der Waals surface area contributed by atoms with Gasteiger partial charge in [-0.2, -0.15) is 0 Å². The zero-order chi connectivity index (χ0) is 48.2. The number of carbonyl (C=O) groups excluding carboxylic acids is 1. The molecule has 6 aliphatic carbocycles. The Morgan fingerprint density at radius 3 is 2.12 bits per heavy atom. The molecule has 0 amide bonds. The van der Waals surface area contributed by atoms with Gasteiger partial charge in [-0.3, -0.25) is 4.79 Å². The summed E-state index contributed by atoms with van der Waals surface area (Å²) in [6.07, 6.45) is -15.1. The summed E-state index contributed by atoms with van der Waals surface area (Å²) in [5.41, 5.74) is -1.88. The fourth-order valence-corrected chi connectivity index (χ4v) is 15.5. The minimum Gasteiger partial charge on any atom is -0.432 e. The Hall–Kier alpha value is -1.43. The quantitative estimate of drug-likeness (QED) is 0.0999. The number of carbonyl (C=O) groups is 1. The van der Waals surface area contributed by atoms with Gasteiger partial charge in [0.15, 0.2) is 6.29 Å². The minimum absolute atomic E-state index is 0.0126. The number of allylic oxidation sites excluding steroid dienone is 2. The van der Waals surface area contributed by atoms with Gasteiger partial charge in [0.25, 0.3) is 0 Å². The van der Waals surface area contributed by atoms with Gasteiger partial charge in [0, 0.05) is 30.3 Å². The van der Waals surface area contributed by atoms with E-state index >= 15 is 0 Å². The van der Waals surface area contributed by atoms with Crippen LogP contribution in [-0.4, -0.2) is 185 Å². The molecule has 27 atom stereocenters. The molecule has 2 aliphatic heterocycles. The summed E-state index contributed by atoms with van der Waals surface area (Å²) in [5, 5.41) is 131. The van der Waals surface area contributed by atoms with Gasteiger partial charge in [-0.25, -0.2) is 0 Å². The predicted octanol–water partition coefficient (Wildman–Crippen LogP) is -0.759. The maximum Gasteiger partial charge on any atom is 0.315 e. The lowest BCUT2D eigenvalue weighted by atomic mass is 9.36. The molecular weight excluding hydrogens is 865 g/mol. The molecule has 27 unspecified atom stereocenters. The second-order valence-corrected chi connectivity index (χ2v) is 22.9. The number of aliphatic hydroxyl groups excluding tert-OH is 12. The molecule has 18 nitrogen and oxygen atoms in total. The van der Waals surface area contributed by atoms with Crippen molar-refractivity contribution in [1.29, 1.82) is 0 Å². The molecule has 0 spiro atoms. The molecule has 18 heteroatoms. The van der Waals surface area contributed by atoms with Gasteiger partial charge in [0.05, 0.1) is 61.4 Å². The van der Waals surface area contributed by atoms with Crippen LogP contribution >= 0.6 is 0 Å². The molecule has 5 saturated carbocycles. The molecule has 0 aromatic heterocycles. The molecule has 66 heavy (non-hydrogen) atoms. The van der Waals surface area contributed by atoms with Crippen LogP contribution in [-0.2, 0) is 28.5 Å². The summed E-state index contributed by atoms with van der Waals surface area (Å²) in [7, 11) is 0. The lowest BCUT2D eigenvalue weighted by Crippen LogP contribution is -2.70. The average molecular weight is 943 g/mol. The fourth-order valence-electron chi connectivity index (χ4n) is 15.5. The molecular formula is C48H78O18. The maximum absolute atomic E-state index is 14.9. The summed E-state index contributed by atoms with van der Waals surface area (Å²) in [4.78, 5) is 14.9. The topological polar surface area (TPSA) is 306 Å². The number of rotatable bonds is 9. The Labute approximate surface area is 386 Å². The van der Waals surface area contributed by atoms with E-state index in [1.165, 1.54) is 12.5 Å². The van der Waals surface area contributed by atoms with E-state index < -0.39 is 144 Å². The molecule has 0 radical (unpaired) electrons. The van der Waals surface area contributed by atoms with Crippen LogP contribution in [0.15, 0.2) is 11.6 Å². The van der Waals surface area contributed by atoms with E-state index in [0.717, 1.165) is 6.42 Å². The van der Waals surface area contributed by atoms with Crippen LogP contribution in [0.1, 0.15) is 99.3 Å². The van der Waals surface area contributed by atoms with Gasteiger partial charge < -0.3 is 85.0 Å². The van der Waals surface area contributed by atoms with Gasteiger partial charge in [0.2, 0.25) is 6.29 Å². The van der Waals surface area contributed by atoms with Crippen LogP contribution < -0.4 is 0 Å². The van der Waals surface area contributed by atoms with Crippen molar-refractivity contribution in [2.24, 2.45) is 63.1 Å². The van der Waals surface area contributed by atoms with E-state index in [1.54, 1.807) is 6.92 Å². The molecule has 8 aliphatic rings. The van der Waals surface area contributed by atoms with Crippen LogP contribution in [0.5, 0.6) is 0 Å². The van der Waals surface area contributed by atoms with E-state index in [9.17, 15) is 66.1 Å². The third-order valence-electron chi connectivity index (χ3n) is 19.2. The molecule has 8 rings (SSSR count). The molecule has 2 heterocycles. The van der Waals surface area contributed by atoms with Crippen molar-refractivity contribution < 1.29 is 89.8 Å². The van der Waals surface area contributed by atoms with E-state index in [2.05, 4.69) is 33.8 Å². The molecule has 2 saturated heterocycles. The summed E-state index contributed by atoms with van der Waals surface area (Å²) in [6.45, 7) is 10.7. The first-order valence-corrected chi connectivity index (χ1v) is 24.5. The van der Waals surface area contributed by atoms with Crippen molar-refractivity contribution in [2.75, 3.05) is 19.8 Å². The zero-order valence-electron chi connectivity index (χ0n) is 39.2. The van der Waals surface area contributed by atoms with Crippen LogP contribution in [0, 0.1) is 63.1 Å². The Morgan fingerprint density at radius 2 is 1.44 bits per heavy atom. The second kappa shape index (κ2) is 18.6. The molecule has 12 N–H and O–H groups in total. The van der Waals surface area contributed by atoms with Crippen molar-refractivity contribution in [3.63, 3.8) is 0 Å². The van der Waals surface area contributed by atoms with Crippen LogP contribution in [0.25, 0.3) is 0 Å². The third kappa shape index (κ3) is 8.06. The Bertz CT molecular complexity index is 1770. The average Bonchev–Trinajstić information content (AvgIpc) is 3.27. The van der Waals surface area contributed by atoms with E-state index in [4.69, 9.17) is 23.7 Å². The number of aliphatic hydroxyl groups is 12. The number of hydrogen-bond donors (Lipinski definition) is 12. The van der Waals surface area contributed by atoms with Gasteiger partial charge in [0.1, 0.15) is 42.7 Å². The highest BCUT2D eigenvalue weighted by Gasteiger charge is 2.70. The molecule has 0 aromatic carbocycles. The zero-order valence-corrected chi connectivity index (χ0v) is 39.2. The summed E-state index contributed by atoms with van der Waals surface area (Å²) in [6, 6.07) is 0. The van der Waals surface area contributed by atoms with Gasteiger partial charge >= 0.3 is 5.97 Å². The van der Waals surface area contributed by atoms with Crippen LogP contribution in [0.2, 0.25) is 0 Å². The number of fused-ring (bicyclic) bond motifs is 7. The number of hydrogen-bond acceptors (Lipinski definition) is 18. The number of esters is 1. The molecule has 0 aromatic rings. The SMILES string of the molecule is CC1CCC2(C(=O)OC3OC(COC4CC(CO)C(OC5OC(C)C(O)C(O)C5O)C(O)C4O)C(O)CC3O)CCC3C(=CCC4C3(C)CC(O)C3C(C)(CO)C(O)C(O)CC43C)C2C1C. The standard InChI is InChI=1S/C48H78O18/c1-20-9-11-48(12-10-25-24(33(48)21(20)2)7-8-32-45(25,4)15-28(53)40-46(32,5)16-29(54)41(60)47(40,6)19-50)44(61)66-42-27(52)14-26(51)31(64-42)18-62-30-13-23(17-49)39(37(58)35(30)56)65-43-38(59)36(57)34(55)22(3)63-43/h7,20-23,25-43,49-60H,8-19H2,1-6H3. The van der Waals surface area contributed by atoms with Crippen molar-refractivity contribution >= 4 is 5.97 Å². The lowest BCUT2D eigenvalue weighted by Gasteiger charge is -2.69. The first-order valence-electron chi connectivity index (χ1n) is 24.5. The Balaban J connectivity index is 0.964. The highest BCUT2D eigenvalue weighted by Crippen LogP contribution is 2.72. The van der Waals surface area contributed by atoms with Crippen LogP contribution in [0.4, 0.5) is 0 Å². The van der Waals surface area contributed by atoms with Crippen molar-refractivity contribution in [3.8, 4) is 0 Å². The first kappa shape index (κ1) is 50.9. The van der Waals surface area contributed by atoms with Crippen LogP contribution in [0.3, 0.4) is 0 Å². The van der Waals surface area contributed by atoms with Crippen molar-refractivity contribution in [1.82, 2.24) is 0 Å². The van der Waals surface area contributed by atoms with E-state index in [-0.39, 0.29) is 55.6 Å². The first-order chi connectivity index (χ1) is 31.0. The summed E-state index contributed by atoms with van der Waals surface area (Å²) < 4.78 is 29.6. The fraction of sp³-hybridized carbons (Fsp3) is 0.938. The second-order valence-electron chi connectivity index (χ2n) is 22.9. The third-order valence-corrected chi connectivity index (χ3v) is 19.2. The summed E-state index contributed by atoms with van der Waals surface area (Å²) >= 11 is 0. The maximum atomic E-state index is 14.9. The van der Waals surface area contributed by atoms with Gasteiger partial charge in [-0.05, 0) is 98.7 Å². The molecule has 0 bridgehead atoms. The van der Waals surface area contributed by atoms with Gasteiger partial charge in [-0.1, -0.05) is 46.3 Å². The molecule has 378 valence electrons. The van der Waals surface area contributed by atoms with Crippen molar-refractivity contribution in [3.05, 3.63) is 11.6 Å². The van der Waals surface area contributed by atoms with E-state index in [1.807, 2.05) is 0 Å². The monoisotopic (exact) mass is 943 g/mol. The predicted molar refractivity (Wildman–Crippen MR) is 230 cm³/mol. The molecule has 7 fully saturated rings. The van der Waals surface area contributed by atoms with Crippen molar-refractivity contribution in [2.45, 2.75) is 197 Å². The highest BCUT2D eigenvalue weighted by atomic mass is 16.7. The van der Waals surface area contributed by atoms with Gasteiger partial charge in [-0.15, -0.1) is 0 Å². The minimum atomic E-state index is -1.68. The Kier molecular flexibility index (Phi) is 14.4. The largest absolute Gasteiger partial charge is 0.432 e. The lowest BCUT2D eigenvalue weighted by molar-refractivity contribution is -0.326. The highest BCUT2D eigenvalue weighted by molar-refractivity contribution is 5.79.